The second kappa shape index (κ2) is 8.49. The molecule has 20 heavy (non-hydrogen) atoms. The molecule has 0 saturated heterocycles. The van der Waals surface area contributed by atoms with Crippen molar-refractivity contribution >= 4 is 23.4 Å². The molecule has 1 amide bonds. The number of carbonyl (C=O) groups is 1. The van der Waals surface area contributed by atoms with Crippen LogP contribution < -0.4 is 10.6 Å². The highest BCUT2D eigenvalue weighted by Crippen LogP contribution is 2.27. The predicted octanol–water partition coefficient (Wildman–Crippen LogP) is 2.85. The Labute approximate surface area is 124 Å². The van der Waals surface area contributed by atoms with Gasteiger partial charge in [-0.3, -0.25) is 4.79 Å². The maximum atomic E-state index is 11.7. The minimum atomic E-state index is -0.0591. The predicted molar refractivity (Wildman–Crippen MR) is 83.9 cm³/mol. The van der Waals surface area contributed by atoms with Crippen molar-refractivity contribution in [1.29, 1.82) is 5.26 Å². The standard InChI is InChI=1S/C15H21N3OS/c1-4-20-14-7-5-6-13(12(14)8-16)17-10-15(19)18-9-11(2)3/h5-7,11,17H,4,9-10H2,1-3H3,(H,18,19). The summed E-state index contributed by atoms with van der Waals surface area (Å²) in [5.74, 6) is 1.28. The second-order valence-electron chi connectivity index (χ2n) is 4.78. The van der Waals surface area contributed by atoms with Gasteiger partial charge in [0.1, 0.15) is 6.07 Å². The minimum Gasteiger partial charge on any atom is -0.375 e. The number of amides is 1. The van der Waals surface area contributed by atoms with Crippen LogP contribution in [0.4, 0.5) is 5.69 Å². The molecule has 1 aromatic rings. The normalized spacial score (nSPS) is 10.2. The number of benzene rings is 1. The van der Waals surface area contributed by atoms with Gasteiger partial charge in [-0.15, -0.1) is 11.8 Å². The molecular weight excluding hydrogens is 270 g/mol. The van der Waals surface area contributed by atoms with Gasteiger partial charge in [-0.1, -0.05) is 26.8 Å². The van der Waals surface area contributed by atoms with Crippen molar-refractivity contribution in [3.63, 3.8) is 0 Å². The van der Waals surface area contributed by atoms with Crippen LogP contribution in [0.2, 0.25) is 0 Å². The molecule has 4 nitrogen and oxygen atoms in total. The van der Waals surface area contributed by atoms with Crippen molar-refractivity contribution in [2.75, 3.05) is 24.2 Å². The third-order valence-corrected chi connectivity index (χ3v) is 3.52. The summed E-state index contributed by atoms with van der Waals surface area (Å²) in [5.41, 5.74) is 1.32. The van der Waals surface area contributed by atoms with Gasteiger partial charge < -0.3 is 10.6 Å². The van der Waals surface area contributed by atoms with Crippen molar-refractivity contribution in [3.05, 3.63) is 23.8 Å². The van der Waals surface area contributed by atoms with Crippen LogP contribution in [-0.2, 0) is 4.79 Å². The Bertz CT molecular complexity index is 494. The van der Waals surface area contributed by atoms with Crippen molar-refractivity contribution in [2.45, 2.75) is 25.7 Å². The van der Waals surface area contributed by atoms with E-state index in [1.807, 2.05) is 39.0 Å². The van der Waals surface area contributed by atoms with E-state index in [4.69, 9.17) is 0 Å². The highest BCUT2D eigenvalue weighted by molar-refractivity contribution is 7.99. The molecule has 0 atom stereocenters. The maximum absolute atomic E-state index is 11.7. The summed E-state index contributed by atoms with van der Waals surface area (Å²) >= 11 is 1.63. The summed E-state index contributed by atoms with van der Waals surface area (Å²) in [6.07, 6.45) is 0. The van der Waals surface area contributed by atoms with Gasteiger partial charge in [0.2, 0.25) is 5.91 Å². The number of hydrogen-bond donors (Lipinski definition) is 2. The Morgan fingerprint density at radius 2 is 2.20 bits per heavy atom. The van der Waals surface area contributed by atoms with E-state index in [1.54, 1.807) is 11.8 Å². The lowest BCUT2D eigenvalue weighted by Crippen LogP contribution is -2.32. The fourth-order valence-corrected chi connectivity index (χ4v) is 2.41. The zero-order valence-corrected chi connectivity index (χ0v) is 13.0. The van der Waals surface area contributed by atoms with Crippen LogP contribution in [0.3, 0.4) is 0 Å². The average Bonchev–Trinajstić information content (AvgIpc) is 2.43. The van der Waals surface area contributed by atoms with E-state index >= 15 is 0 Å². The summed E-state index contributed by atoms with van der Waals surface area (Å²) in [7, 11) is 0. The number of carbonyl (C=O) groups excluding carboxylic acids is 1. The van der Waals surface area contributed by atoms with Gasteiger partial charge in [0.05, 0.1) is 17.8 Å². The molecule has 1 aromatic carbocycles. The Kier molecular flexibility index (Phi) is 6.96. The lowest BCUT2D eigenvalue weighted by molar-refractivity contribution is -0.119. The molecule has 0 fully saturated rings. The van der Waals surface area contributed by atoms with E-state index < -0.39 is 0 Å². The molecule has 0 aromatic heterocycles. The fourth-order valence-electron chi connectivity index (χ4n) is 1.63. The number of nitrogens with zero attached hydrogens (tertiary/aromatic N) is 1. The Hall–Kier alpha value is -1.67. The van der Waals surface area contributed by atoms with Crippen LogP contribution in [0.15, 0.2) is 23.1 Å². The second-order valence-corrected chi connectivity index (χ2v) is 6.08. The first kappa shape index (κ1) is 16.4. The molecule has 108 valence electrons. The van der Waals surface area contributed by atoms with Gasteiger partial charge in [-0.2, -0.15) is 5.26 Å². The smallest absolute Gasteiger partial charge is 0.239 e. The largest absolute Gasteiger partial charge is 0.375 e. The Balaban J connectivity index is 2.66. The molecule has 0 spiro atoms. The lowest BCUT2D eigenvalue weighted by atomic mass is 10.2. The average molecular weight is 291 g/mol. The highest BCUT2D eigenvalue weighted by atomic mass is 32.2. The van der Waals surface area contributed by atoms with Gasteiger partial charge in [0.15, 0.2) is 0 Å². The molecule has 0 saturated carbocycles. The van der Waals surface area contributed by atoms with E-state index in [-0.39, 0.29) is 12.5 Å². The van der Waals surface area contributed by atoms with E-state index in [1.165, 1.54) is 0 Å². The number of rotatable bonds is 7. The number of hydrogen-bond acceptors (Lipinski definition) is 4. The van der Waals surface area contributed by atoms with Crippen molar-refractivity contribution < 1.29 is 4.79 Å². The maximum Gasteiger partial charge on any atom is 0.239 e. The number of anilines is 1. The third-order valence-electron chi connectivity index (χ3n) is 2.58. The van der Waals surface area contributed by atoms with Crippen LogP contribution in [0, 0.1) is 17.2 Å². The van der Waals surface area contributed by atoms with Crippen molar-refractivity contribution in [3.8, 4) is 6.07 Å². The molecule has 0 radical (unpaired) electrons. The monoisotopic (exact) mass is 291 g/mol. The summed E-state index contributed by atoms with van der Waals surface area (Å²) in [5, 5.41) is 15.1. The SMILES string of the molecule is CCSc1cccc(NCC(=O)NCC(C)C)c1C#N. The van der Waals surface area contributed by atoms with E-state index in [0.29, 0.717) is 23.7 Å². The quantitative estimate of drug-likeness (QED) is 0.758. The molecule has 0 heterocycles. The van der Waals surface area contributed by atoms with Crippen molar-refractivity contribution in [2.24, 2.45) is 5.92 Å². The zero-order valence-electron chi connectivity index (χ0n) is 12.2. The van der Waals surface area contributed by atoms with Gasteiger partial charge in [0.25, 0.3) is 0 Å². The molecule has 5 heteroatoms. The molecule has 0 bridgehead atoms. The topological polar surface area (TPSA) is 64.9 Å². The molecule has 2 N–H and O–H groups in total. The minimum absolute atomic E-state index is 0.0591. The summed E-state index contributed by atoms with van der Waals surface area (Å²) < 4.78 is 0. The Morgan fingerprint density at radius 1 is 1.45 bits per heavy atom. The third kappa shape index (κ3) is 5.14. The first-order valence-corrected chi connectivity index (χ1v) is 7.73. The van der Waals surface area contributed by atoms with Crippen molar-refractivity contribution in [1.82, 2.24) is 5.32 Å². The number of thioether (sulfide) groups is 1. The van der Waals surface area contributed by atoms with Crippen LogP contribution in [0.25, 0.3) is 0 Å². The fraction of sp³-hybridized carbons (Fsp3) is 0.467. The molecule has 0 aliphatic heterocycles. The van der Waals surface area contributed by atoms with Gasteiger partial charge >= 0.3 is 0 Å². The van der Waals surface area contributed by atoms with E-state index in [9.17, 15) is 10.1 Å². The summed E-state index contributed by atoms with van der Waals surface area (Å²) in [6, 6.07) is 7.86. The first-order valence-electron chi connectivity index (χ1n) is 6.75. The first-order chi connectivity index (χ1) is 9.58. The number of nitriles is 1. The van der Waals surface area contributed by atoms with E-state index in [2.05, 4.69) is 16.7 Å². The molecule has 0 unspecified atom stereocenters. The van der Waals surface area contributed by atoms with Crippen LogP contribution >= 0.6 is 11.8 Å². The molecular formula is C15H21N3OS. The zero-order chi connectivity index (χ0) is 15.0. The van der Waals surface area contributed by atoms with Crippen LogP contribution in [0.1, 0.15) is 26.3 Å². The van der Waals surface area contributed by atoms with Crippen LogP contribution in [0.5, 0.6) is 0 Å². The highest BCUT2D eigenvalue weighted by Gasteiger charge is 2.09. The lowest BCUT2D eigenvalue weighted by Gasteiger charge is -2.12. The van der Waals surface area contributed by atoms with Gasteiger partial charge in [-0.05, 0) is 23.8 Å². The molecule has 0 aliphatic rings. The molecule has 1 rings (SSSR count). The summed E-state index contributed by atoms with van der Waals surface area (Å²) in [4.78, 5) is 12.6. The van der Waals surface area contributed by atoms with Crippen LogP contribution in [-0.4, -0.2) is 24.7 Å². The van der Waals surface area contributed by atoms with Gasteiger partial charge in [-0.25, -0.2) is 0 Å². The molecule has 0 aliphatic carbocycles. The summed E-state index contributed by atoms with van der Waals surface area (Å²) in [6.45, 7) is 6.99. The van der Waals surface area contributed by atoms with E-state index in [0.717, 1.165) is 10.6 Å². The number of nitrogens with one attached hydrogen (secondary N) is 2. The van der Waals surface area contributed by atoms with Gasteiger partial charge in [0, 0.05) is 11.4 Å². The Morgan fingerprint density at radius 3 is 2.80 bits per heavy atom.